The molecule has 3 nitrogen and oxygen atoms in total. The second-order valence-corrected chi connectivity index (χ2v) is 4.71. The second-order valence-electron chi connectivity index (χ2n) is 4.71. The average molecular weight is 320 g/mol. The van der Waals surface area contributed by atoms with E-state index in [4.69, 9.17) is 0 Å². The first-order chi connectivity index (χ1) is 10.2. The largest absolute Gasteiger partial charge is 0.435 e. The zero-order chi connectivity index (χ0) is 16.2. The van der Waals surface area contributed by atoms with E-state index >= 15 is 0 Å². The number of carbonyl (C=O) groups excluding carboxylic acids is 1. The van der Waals surface area contributed by atoms with Crippen molar-refractivity contribution in [2.45, 2.75) is 18.8 Å². The van der Waals surface area contributed by atoms with Crippen molar-refractivity contribution in [2.24, 2.45) is 0 Å². The molecule has 0 fully saturated rings. The number of fused-ring (bicyclic) bond motifs is 1. The second kappa shape index (κ2) is 4.59. The van der Waals surface area contributed by atoms with Crippen LogP contribution in [0.1, 0.15) is 21.7 Å². The number of ketones is 1. The molecule has 1 aliphatic carbocycles. The highest BCUT2D eigenvalue weighted by Crippen LogP contribution is 2.38. The Morgan fingerprint density at radius 3 is 2.45 bits per heavy atom. The van der Waals surface area contributed by atoms with Crippen molar-refractivity contribution >= 4 is 5.78 Å². The van der Waals surface area contributed by atoms with Crippen LogP contribution < -0.4 is 0 Å². The number of benzene rings is 1. The van der Waals surface area contributed by atoms with Gasteiger partial charge in [-0.25, -0.2) is 17.9 Å². The van der Waals surface area contributed by atoms with E-state index in [0.29, 0.717) is 16.8 Å². The van der Waals surface area contributed by atoms with Gasteiger partial charge in [0.2, 0.25) is 5.78 Å². The van der Waals surface area contributed by atoms with Gasteiger partial charge < -0.3 is 0 Å². The Balaban J connectivity index is 2.24. The maximum absolute atomic E-state index is 13.5. The van der Waals surface area contributed by atoms with E-state index in [0.717, 1.165) is 6.07 Å². The minimum absolute atomic E-state index is 0.229. The van der Waals surface area contributed by atoms with Gasteiger partial charge in [-0.3, -0.25) is 4.79 Å². The predicted octanol–water partition coefficient (Wildman–Crippen LogP) is 3.25. The van der Waals surface area contributed by atoms with Crippen molar-refractivity contribution in [3.8, 4) is 5.69 Å². The molecule has 3 rings (SSSR count). The summed E-state index contributed by atoms with van der Waals surface area (Å²) in [6, 6.07) is 2.32. The van der Waals surface area contributed by atoms with Crippen LogP contribution in [-0.2, 0) is 12.6 Å². The van der Waals surface area contributed by atoms with Gasteiger partial charge in [-0.2, -0.15) is 18.3 Å². The molecule has 22 heavy (non-hydrogen) atoms. The molecular formula is C13H6F6N2O. The molecule has 0 saturated carbocycles. The van der Waals surface area contributed by atoms with Gasteiger partial charge in [-0.05, 0) is 12.1 Å². The Labute approximate surface area is 119 Å². The number of aromatic nitrogens is 2. The molecule has 0 bridgehead atoms. The van der Waals surface area contributed by atoms with Crippen LogP contribution in [0.5, 0.6) is 0 Å². The Morgan fingerprint density at radius 2 is 1.86 bits per heavy atom. The molecule has 1 heterocycles. The minimum Gasteiger partial charge on any atom is -0.291 e. The fraction of sp³-hybridized carbons (Fsp3) is 0.231. The lowest BCUT2D eigenvalue weighted by molar-refractivity contribution is -0.141. The number of halogens is 6. The summed E-state index contributed by atoms with van der Waals surface area (Å²) in [6.07, 6.45) is -7.67. The average Bonchev–Trinajstić information content (AvgIpc) is 2.92. The van der Waals surface area contributed by atoms with Gasteiger partial charge in [0.05, 0.1) is 16.9 Å². The number of carbonyl (C=O) groups is 1. The Morgan fingerprint density at radius 1 is 1.18 bits per heavy atom. The third-order valence-electron chi connectivity index (χ3n) is 3.30. The molecule has 0 amide bonds. The standard InChI is InChI=1S/C13H6F6N2O/c14-6-2-1-5(3-7(6)15)21-9-4-8(16)11(22)10(9)12(20-21)13(17,18)19/h1-3,8H,4H2. The lowest BCUT2D eigenvalue weighted by atomic mass is 10.2. The molecule has 0 aliphatic heterocycles. The van der Waals surface area contributed by atoms with Gasteiger partial charge in [0.25, 0.3) is 0 Å². The van der Waals surface area contributed by atoms with Crippen molar-refractivity contribution in [3.05, 3.63) is 46.8 Å². The molecule has 1 aromatic heterocycles. The highest BCUT2D eigenvalue weighted by atomic mass is 19.4. The third kappa shape index (κ3) is 2.08. The van der Waals surface area contributed by atoms with E-state index in [-0.39, 0.29) is 11.4 Å². The Hall–Kier alpha value is -2.32. The van der Waals surface area contributed by atoms with Crippen LogP contribution in [0.4, 0.5) is 26.3 Å². The number of rotatable bonds is 1. The van der Waals surface area contributed by atoms with Crippen LogP contribution in [0.25, 0.3) is 5.69 Å². The third-order valence-corrected chi connectivity index (χ3v) is 3.30. The fourth-order valence-electron chi connectivity index (χ4n) is 2.35. The molecular weight excluding hydrogens is 314 g/mol. The summed E-state index contributed by atoms with van der Waals surface area (Å²) in [5.41, 5.74) is -2.93. The smallest absolute Gasteiger partial charge is 0.291 e. The van der Waals surface area contributed by atoms with E-state index in [2.05, 4.69) is 5.10 Å². The molecule has 116 valence electrons. The van der Waals surface area contributed by atoms with Crippen molar-refractivity contribution < 1.29 is 31.1 Å². The van der Waals surface area contributed by atoms with E-state index in [1.165, 1.54) is 0 Å². The predicted molar refractivity (Wildman–Crippen MR) is 61.4 cm³/mol. The number of Topliss-reactive ketones (excluding diaryl/α,β-unsaturated/α-hetero) is 1. The number of alkyl halides is 4. The first-order valence-electron chi connectivity index (χ1n) is 6.03. The van der Waals surface area contributed by atoms with Gasteiger partial charge >= 0.3 is 6.18 Å². The molecule has 1 atom stereocenters. The monoisotopic (exact) mass is 320 g/mol. The summed E-state index contributed by atoms with van der Waals surface area (Å²) < 4.78 is 79.0. The van der Waals surface area contributed by atoms with E-state index in [1.54, 1.807) is 0 Å². The lowest BCUT2D eigenvalue weighted by Gasteiger charge is -2.07. The van der Waals surface area contributed by atoms with Crippen LogP contribution in [0.15, 0.2) is 18.2 Å². The number of hydrogen-bond donors (Lipinski definition) is 0. The molecule has 1 unspecified atom stereocenters. The molecule has 0 N–H and O–H groups in total. The van der Waals surface area contributed by atoms with E-state index < -0.39 is 47.4 Å². The summed E-state index contributed by atoms with van der Waals surface area (Å²) in [6.45, 7) is 0. The lowest BCUT2D eigenvalue weighted by Crippen LogP contribution is -2.17. The van der Waals surface area contributed by atoms with Crippen LogP contribution in [-0.4, -0.2) is 21.7 Å². The van der Waals surface area contributed by atoms with Crippen molar-refractivity contribution in [1.82, 2.24) is 9.78 Å². The maximum Gasteiger partial charge on any atom is 0.435 e. The highest BCUT2D eigenvalue weighted by molar-refractivity contribution is 6.04. The zero-order valence-electron chi connectivity index (χ0n) is 10.6. The highest BCUT2D eigenvalue weighted by Gasteiger charge is 2.46. The molecule has 9 heteroatoms. The van der Waals surface area contributed by atoms with Crippen LogP contribution in [0, 0.1) is 11.6 Å². The van der Waals surface area contributed by atoms with Gasteiger partial charge in [-0.1, -0.05) is 0 Å². The Bertz CT molecular complexity index is 780. The molecule has 0 spiro atoms. The summed E-state index contributed by atoms with van der Waals surface area (Å²) in [7, 11) is 0. The van der Waals surface area contributed by atoms with Crippen molar-refractivity contribution in [2.75, 3.05) is 0 Å². The molecule has 0 saturated heterocycles. The number of nitrogens with zero attached hydrogens (tertiary/aromatic N) is 2. The van der Waals surface area contributed by atoms with Gasteiger partial charge in [-0.15, -0.1) is 0 Å². The van der Waals surface area contributed by atoms with Gasteiger partial charge in [0.15, 0.2) is 23.5 Å². The van der Waals surface area contributed by atoms with Crippen molar-refractivity contribution in [3.63, 3.8) is 0 Å². The summed E-state index contributed by atoms with van der Waals surface area (Å²) in [5, 5.41) is 3.24. The molecule has 1 aromatic carbocycles. The topological polar surface area (TPSA) is 34.9 Å². The SMILES string of the molecule is O=C1c2c(C(F)(F)F)nn(-c3ccc(F)c(F)c3)c2CC1F. The van der Waals surface area contributed by atoms with Crippen LogP contribution in [0.2, 0.25) is 0 Å². The van der Waals surface area contributed by atoms with Gasteiger partial charge in [0.1, 0.15) is 0 Å². The molecule has 2 aromatic rings. The van der Waals surface area contributed by atoms with E-state index in [9.17, 15) is 31.1 Å². The summed E-state index contributed by atoms with van der Waals surface area (Å²) in [5.74, 6) is -3.80. The first-order valence-corrected chi connectivity index (χ1v) is 6.03. The van der Waals surface area contributed by atoms with Crippen molar-refractivity contribution in [1.29, 1.82) is 0 Å². The molecule has 1 aliphatic rings. The quantitative estimate of drug-likeness (QED) is 0.756. The van der Waals surface area contributed by atoms with E-state index in [1.807, 2.05) is 0 Å². The maximum atomic E-state index is 13.5. The normalized spacial score (nSPS) is 17.9. The minimum atomic E-state index is -4.96. The van der Waals surface area contributed by atoms with Crippen LogP contribution in [0.3, 0.4) is 0 Å². The van der Waals surface area contributed by atoms with Gasteiger partial charge in [0, 0.05) is 12.5 Å². The summed E-state index contributed by atoms with van der Waals surface area (Å²) >= 11 is 0. The number of hydrogen-bond acceptors (Lipinski definition) is 2. The van der Waals surface area contributed by atoms with Crippen LogP contribution >= 0.6 is 0 Å². The Kier molecular flexibility index (Phi) is 3.05. The fourth-order valence-corrected chi connectivity index (χ4v) is 2.35. The molecule has 0 radical (unpaired) electrons. The zero-order valence-corrected chi connectivity index (χ0v) is 10.6. The first kappa shape index (κ1) is 14.6. The summed E-state index contributed by atoms with van der Waals surface area (Å²) in [4.78, 5) is 11.6.